The number of nitrogens with zero attached hydrogens (tertiary/aromatic N) is 3. The second-order valence-electron chi connectivity index (χ2n) is 6.79. The van der Waals surface area contributed by atoms with Crippen molar-refractivity contribution < 1.29 is 14.9 Å². The Morgan fingerprint density at radius 3 is 2.42 bits per heavy atom. The van der Waals surface area contributed by atoms with Crippen molar-refractivity contribution in [2.75, 3.05) is 13.1 Å². The lowest BCUT2D eigenvalue weighted by molar-refractivity contribution is -0.171. The maximum Gasteiger partial charge on any atom is 0.238 e. The molecule has 2 atom stereocenters. The molecule has 6 heteroatoms. The average molecular weight is 329 g/mol. The lowest BCUT2D eigenvalue weighted by atomic mass is 9.79. The van der Waals surface area contributed by atoms with Crippen LogP contribution in [0.4, 0.5) is 0 Å². The molecule has 2 heterocycles. The van der Waals surface area contributed by atoms with Crippen molar-refractivity contribution in [2.45, 2.75) is 38.0 Å². The Hall–Kier alpha value is -2.02. The summed E-state index contributed by atoms with van der Waals surface area (Å²) in [5, 5.41) is 28.9. The van der Waals surface area contributed by atoms with Gasteiger partial charge in [0, 0.05) is 25.7 Å². The summed E-state index contributed by atoms with van der Waals surface area (Å²) in [7, 11) is 0. The van der Waals surface area contributed by atoms with Crippen LogP contribution < -0.4 is 4.74 Å². The summed E-state index contributed by atoms with van der Waals surface area (Å²) in [6.07, 6.45) is 0.516. The maximum atomic E-state index is 10.4. The highest BCUT2D eigenvalue weighted by atomic mass is 16.5. The zero-order valence-electron chi connectivity index (χ0n) is 14.0. The molecular formula is C18H23N3O3. The third kappa shape index (κ3) is 3.72. The van der Waals surface area contributed by atoms with E-state index in [1.807, 2.05) is 36.4 Å². The first-order chi connectivity index (χ1) is 11.4. The van der Waals surface area contributed by atoms with Crippen molar-refractivity contribution in [1.82, 2.24) is 15.1 Å². The highest BCUT2D eigenvalue weighted by Gasteiger charge is 2.46. The second kappa shape index (κ2) is 6.47. The third-order valence-corrected chi connectivity index (χ3v) is 4.65. The topological polar surface area (TPSA) is 78.7 Å². The number of benzene rings is 1. The van der Waals surface area contributed by atoms with Crippen LogP contribution in [0, 0.1) is 0 Å². The van der Waals surface area contributed by atoms with Gasteiger partial charge in [0.15, 0.2) is 0 Å². The molecule has 2 aromatic rings. The maximum absolute atomic E-state index is 10.4. The fraction of sp³-hybridized carbons (Fsp3) is 0.444. The van der Waals surface area contributed by atoms with E-state index in [4.69, 9.17) is 4.74 Å². The zero-order valence-corrected chi connectivity index (χ0v) is 14.0. The molecule has 0 aliphatic carbocycles. The van der Waals surface area contributed by atoms with Crippen LogP contribution in [0.2, 0.25) is 0 Å². The molecule has 2 N–H and O–H groups in total. The second-order valence-corrected chi connectivity index (χ2v) is 6.79. The van der Waals surface area contributed by atoms with Crippen LogP contribution in [0.1, 0.15) is 26.0 Å². The number of ether oxygens (including phenoxy) is 1. The molecule has 6 nitrogen and oxygen atoms in total. The molecule has 3 rings (SSSR count). The highest BCUT2D eigenvalue weighted by Crippen LogP contribution is 2.31. The first-order valence-electron chi connectivity index (χ1n) is 8.08. The summed E-state index contributed by atoms with van der Waals surface area (Å²) < 4.78 is 5.62. The minimum Gasteiger partial charge on any atom is -0.438 e. The first kappa shape index (κ1) is 16.8. The van der Waals surface area contributed by atoms with Gasteiger partial charge in [-0.2, -0.15) is 5.10 Å². The molecule has 1 saturated heterocycles. The molecule has 0 amide bonds. The number of rotatable bonds is 4. The molecule has 0 radical (unpaired) electrons. The number of piperidine rings is 1. The molecule has 1 aliphatic rings. The van der Waals surface area contributed by atoms with Gasteiger partial charge in [0.1, 0.15) is 11.4 Å². The summed E-state index contributed by atoms with van der Waals surface area (Å²) in [6, 6.07) is 13.1. The minimum absolute atomic E-state index is 0.393. The van der Waals surface area contributed by atoms with Crippen LogP contribution in [0.3, 0.4) is 0 Å². The minimum atomic E-state index is -1.14. The Kier molecular flexibility index (Phi) is 4.54. The van der Waals surface area contributed by atoms with Gasteiger partial charge in [0.05, 0.1) is 11.3 Å². The van der Waals surface area contributed by atoms with E-state index >= 15 is 0 Å². The largest absolute Gasteiger partial charge is 0.438 e. The predicted molar refractivity (Wildman–Crippen MR) is 89.7 cm³/mol. The van der Waals surface area contributed by atoms with Crippen molar-refractivity contribution >= 4 is 0 Å². The average Bonchev–Trinajstić information content (AvgIpc) is 2.54. The van der Waals surface area contributed by atoms with Crippen molar-refractivity contribution in [1.29, 1.82) is 0 Å². The van der Waals surface area contributed by atoms with Crippen molar-refractivity contribution in [3.63, 3.8) is 0 Å². The summed E-state index contributed by atoms with van der Waals surface area (Å²) in [5.74, 6) is 1.16. The molecular weight excluding hydrogens is 306 g/mol. The van der Waals surface area contributed by atoms with E-state index in [0.717, 1.165) is 5.69 Å². The number of para-hydroxylation sites is 1. The molecule has 128 valence electrons. The van der Waals surface area contributed by atoms with Gasteiger partial charge in [0.25, 0.3) is 0 Å². The normalized spacial score (nSPS) is 27.8. The lowest BCUT2D eigenvalue weighted by Crippen LogP contribution is -2.61. The highest BCUT2D eigenvalue weighted by molar-refractivity contribution is 5.26. The van der Waals surface area contributed by atoms with E-state index in [-0.39, 0.29) is 0 Å². The van der Waals surface area contributed by atoms with Crippen LogP contribution in [-0.4, -0.2) is 49.6 Å². The summed E-state index contributed by atoms with van der Waals surface area (Å²) in [6.45, 7) is 5.02. The van der Waals surface area contributed by atoms with Crippen LogP contribution >= 0.6 is 0 Å². The van der Waals surface area contributed by atoms with Gasteiger partial charge in [-0.25, -0.2) is 0 Å². The standard InChI is InChI=1S/C18H23N3O3/c1-17(22)10-11-21(13-18(17,2)23)12-14-8-9-16(20-19-14)24-15-6-4-3-5-7-15/h3-9,22-23H,10-13H2,1-2H3/t17-,18+/m1/s1. The van der Waals surface area contributed by atoms with Crippen LogP contribution in [0.15, 0.2) is 42.5 Å². The first-order valence-corrected chi connectivity index (χ1v) is 8.08. The number of aromatic nitrogens is 2. The van der Waals surface area contributed by atoms with Gasteiger partial charge in [-0.15, -0.1) is 5.10 Å². The Morgan fingerprint density at radius 1 is 1.04 bits per heavy atom. The van der Waals surface area contributed by atoms with E-state index in [1.165, 1.54) is 0 Å². The molecule has 24 heavy (non-hydrogen) atoms. The smallest absolute Gasteiger partial charge is 0.238 e. The Balaban J connectivity index is 1.61. The van der Waals surface area contributed by atoms with Crippen LogP contribution in [0.5, 0.6) is 11.6 Å². The van der Waals surface area contributed by atoms with Gasteiger partial charge in [-0.3, -0.25) is 4.90 Å². The van der Waals surface area contributed by atoms with Gasteiger partial charge in [-0.05, 0) is 38.5 Å². The van der Waals surface area contributed by atoms with Gasteiger partial charge < -0.3 is 14.9 Å². The Labute approximate surface area is 141 Å². The van der Waals surface area contributed by atoms with E-state index in [2.05, 4.69) is 15.1 Å². The number of aliphatic hydroxyl groups is 2. The molecule has 0 bridgehead atoms. The molecule has 1 fully saturated rings. The van der Waals surface area contributed by atoms with Gasteiger partial charge in [-0.1, -0.05) is 18.2 Å². The van der Waals surface area contributed by atoms with Crippen LogP contribution in [0.25, 0.3) is 0 Å². The summed E-state index contributed by atoms with van der Waals surface area (Å²) >= 11 is 0. The molecule has 0 saturated carbocycles. The van der Waals surface area contributed by atoms with Gasteiger partial charge >= 0.3 is 0 Å². The molecule has 0 unspecified atom stereocenters. The molecule has 1 aliphatic heterocycles. The van der Waals surface area contributed by atoms with Crippen LogP contribution in [-0.2, 0) is 6.54 Å². The SMILES string of the molecule is C[C@]1(O)CN(Cc2ccc(Oc3ccccc3)nn2)CC[C@@]1(C)O. The Morgan fingerprint density at radius 2 is 1.79 bits per heavy atom. The summed E-state index contributed by atoms with van der Waals surface area (Å²) in [5.41, 5.74) is -1.41. The molecule has 0 spiro atoms. The van der Waals surface area contributed by atoms with Gasteiger partial charge in [0.2, 0.25) is 5.88 Å². The third-order valence-electron chi connectivity index (χ3n) is 4.65. The predicted octanol–water partition coefficient (Wildman–Crippen LogP) is 1.98. The van der Waals surface area contributed by atoms with Crippen molar-refractivity contribution in [2.24, 2.45) is 0 Å². The lowest BCUT2D eigenvalue weighted by Gasteiger charge is -2.47. The Bertz CT molecular complexity index is 672. The number of likely N-dealkylation sites (tertiary alicyclic amines) is 1. The number of β-amino-alcohol motifs (C(OH)–C–C–N with tert-alkyl or cyclic N) is 1. The fourth-order valence-electron chi connectivity index (χ4n) is 2.79. The van der Waals surface area contributed by atoms with Crippen molar-refractivity contribution in [3.05, 3.63) is 48.2 Å². The molecule has 1 aromatic heterocycles. The van der Waals surface area contributed by atoms with E-state index in [1.54, 1.807) is 19.9 Å². The van der Waals surface area contributed by atoms with E-state index in [0.29, 0.717) is 37.7 Å². The monoisotopic (exact) mass is 329 g/mol. The van der Waals surface area contributed by atoms with E-state index in [9.17, 15) is 10.2 Å². The summed E-state index contributed by atoms with van der Waals surface area (Å²) in [4.78, 5) is 2.07. The van der Waals surface area contributed by atoms with Crippen molar-refractivity contribution in [3.8, 4) is 11.6 Å². The van der Waals surface area contributed by atoms with E-state index < -0.39 is 11.2 Å². The number of hydrogen-bond acceptors (Lipinski definition) is 6. The zero-order chi connectivity index (χ0) is 17.2. The molecule has 1 aromatic carbocycles. The fourth-order valence-corrected chi connectivity index (χ4v) is 2.79. The number of hydrogen-bond donors (Lipinski definition) is 2. The quantitative estimate of drug-likeness (QED) is 0.893.